The normalized spacial score (nSPS) is 23.0. The molecule has 0 radical (unpaired) electrons. The molecule has 228 valence electrons. The minimum absolute atomic E-state index is 0.305. The fourth-order valence-electron chi connectivity index (χ4n) is 8.42. The van der Waals surface area contributed by atoms with E-state index in [2.05, 4.69) is 19.5 Å². The third-order valence-electron chi connectivity index (χ3n) is 11.1. The summed E-state index contributed by atoms with van der Waals surface area (Å²) in [6.45, 7) is 3.71. The SMILES string of the molecule is Nc1ncnc2c1c(-c1ccc(Oc3ccccc3)cc1)nn2C1CC2(CCN(C3CC4(CCN(C(=O)O)CC4)C3)CC2)C1. The molecular formula is C34H39N7O3. The highest BCUT2D eigenvalue weighted by Gasteiger charge is 2.52. The number of hydrogen-bond acceptors (Lipinski definition) is 7. The first-order chi connectivity index (χ1) is 21.4. The lowest BCUT2D eigenvalue weighted by molar-refractivity contribution is -0.0773. The van der Waals surface area contributed by atoms with Crippen molar-refractivity contribution in [1.29, 1.82) is 0 Å². The number of nitrogen functional groups attached to an aromatic ring is 1. The zero-order valence-corrected chi connectivity index (χ0v) is 24.9. The van der Waals surface area contributed by atoms with Crippen LogP contribution in [0.1, 0.15) is 57.4 Å². The molecule has 2 saturated carbocycles. The van der Waals surface area contributed by atoms with E-state index in [1.54, 1.807) is 11.2 Å². The Balaban J connectivity index is 0.919. The molecule has 2 saturated heterocycles. The monoisotopic (exact) mass is 593 g/mol. The minimum atomic E-state index is -0.769. The second kappa shape index (κ2) is 10.5. The molecule has 4 aliphatic rings. The summed E-state index contributed by atoms with van der Waals surface area (Å²) in [4.78, 5) is 24.5. The molecule has 8 rings (SSSR count). The Kier molecular flexibility index (Phi) is 6.51. The minimum Gasteiger partial charge on any atom is -0.465 e. The molecule has 0 unspecified atom stereocenters. The average molecular weight is 594 g/mol. The zero-order valence-electron chi connectivity index (χ0n) is 24.9. The fourth-order valence-corrected chi connectivity index (χ4v) is 8.42. The number of fused-ring (bicyclic) bond motifs is 1. The Morgan fingerprint density at radius 1 is 0.818 bits per heavy atom. The number of carbonyl (C=O) groups is 1. The maximum absolute atomic E-state index is 11.3. The molecule has 0 bridgehead atoms. The molecular weight excluding hydrogens is 554 g/mol. The third-order valence-corrected chi connectivity index (χ3v) is 11.1. The number of likely N-dealkylation sites (tertiary alicyclic amines) is 2. The predicted octanol–water partition coefficient (Wildman–Crippen LogP) is 6.21. The Morgan fingerprint density at radius 2 is 1.43 bits per heavy atom. The van der Waals surface area contributed by atoms with Crippen molar-refractivity contribution in [2.45, 2.75) is 63.5 Å². The van der Waals surface area contributed by atoms with Crippen LogP contribution in [-0.2, 0) is 0 Å². The van der Waals surface area contributed by atoms with E-state index in [-0.39, 0.29) is 0 Å². The molecule has 10 heteroatoms. The van der Waals surface area contributed by atoms with Crippen LogP contribution in [0, 0.1) is 10.8 Å². The van der Waals surface area contributed by atoms with Crippen LogP contribution in [0.4, 0.5) is 10.6 Å². The average Bonchev–Trinajstić information content (AvgIpc) is 3.40. The first kappa shape index (κ1) is 27.4. The van der Waals surface area contributed by atoms with E-state index < -0.39 is 6.09 Å². The van der Waals surface area contributed by atoms with Gasteiger partial charge in [0, 0.05) is 24.7 Å². The third kappa shape index (κ3) is 4.76. The summed E-state index contributed by atoms with van der Waals surface area (Å²) in [7, 11) is 0. The topological polar surface area (TPSA) is 123 Å². The van der Waals surface area contributed by atoms with E-state index in [1.165, 1.54) is 25.7 Å². The van der Waals surface area contributed by atoms with Gasteiger partial charge in [0.15, 0.2) is 5.65 Å². The van der Waals surface area contributed by atoms with Gasteiger partial charge in [-0.15, -0.1) is 0 Å². The van der Waals surface area contributed by atoms with Gasteiger partial charge < -0.3 is 25.4 Å². The Hall–Kier alpha value is -4.18. The molecule has 2 aliphatic carbocycles. The molecule has 0 atom stereocenters. The Morgan fingerprint density at radius 3 is 2.09 bits per heavy atom. The molecule has 3 N–H and O–H groups in total. The van der Waals surface area contributed by atoms with Gasteiger partial charge >= 0.3 is 6.09 Å². The number of amides is 1. The van der Waals surface area contributed by atoms with Crippen LogP contribution in [0.5, 0.6) is 11.5 Å². The lowest BCUT2D eigenvalue weighted by atomic mass is 9.58. The smallest absolute Gasteiger partial charge is 0.407 e. The van der Waals surface area contributed by atoms with Gasteiger partial charge in [-0.25, -0.2) is 19.4 Å². The van der Waals surface area contributed by atoms with E-state index in [0.717, 1.165) is 72.6 Å². The van der Waals surface area contributed by atoms with Crippen LogP contribution in [0.3, 0.4) is 0 Å². The van der Waals surface area contributed by atoms with Crippen LogP contribution in [0.25, 0.3) is 22.3 Å². The first-order valence-corrected chi connectivity index (χ1v) is 15.9. The summed E-state index contributed by atoms with van der Waals surface area (Å²) in [6.07, 6.45) is 9.97. The summed E-state index contributed by atoms with van der Waals surface area (Å²) in [5, 5.41) is 15.2. The highest BCUT2D eigenvalue weighted by Crippen LogP contribution is 2.57. The number of nitrogens with two attached hydrogens (primary N) is 1. The molecule has 44 heavy (non-hydrogen) atoms. The summed E-state index contributed by atoms with van der Waals surface area (Å²) in [5.41, 5.74) is 9.75. The van der Waals surface area contributed by atoms with Crippen LogP contribution in [0.2, 0.25) is 0 Å². The van der Waals surface area contributed by atoms with Gasteiger partial charge in [-0.05, 0) is 112 Å². The number of nitrogens with zero attached hydrogens (tertiary/aromatic N) is 6. The highest BCUT2D eigenvalue weighted by atomic mass is 16.5. The fraction of sp³-hybridized carbons (Fsp3) is 0.471. The molecule has 10 nitrogen and oxygen atoms in total. The summed E-state index contributed by atoms with van der Waals surface area (Å²) in [6, 6.07) is 18.7. The number of benzene rings is 2. The second-order valence-electron chi connectivity index (χ2n) is 13.6. The van der Waals surface area contributed by atoms with E-state index in [9.17, 15) is 9.90 Å². The summed E-state index contributed by atoms with van der Waals surface area (Å²) < 4.78 is 8.09. The van der Waals surface area contributed by atoms with Crippen LogP contribution < -0.4 is 10.5 Å². The van der Waals surface area contributed by atoms with Crippen LogP contribution >= 0.6 is 0 Å². The van der Waals surface area contributed by atoms with E-state index in [4.69, 9.17) is 15.6 Å². The van der Waals surface area contributed by atoms with Crippen molar-refractivity contribution in [3.63, 3.8) is 0 Å². The van der Waals surface area contributed by atoms with Crippen molar-refractivity contribution in [3.05, 3.63) is 60.9 Å². The lowest BCUT2D eigenvalue weighted by Gasteiger charge is -2.58. The summed E-state index contributed by atoms with van der Waals surface area (Å²) >= 11 is 0. The van der Waals surface area contributed by atoms with Crippen molar-refractivity contribution in [3.8, 4) is 22.8 Å². The maximum atomic E-state index is 11.3. The number of para-hydroxylation sites is 1. The van der Waals surface area contributed by atoms with Gasteiger partial charge in [0.1, 0.15) is 29.3 Å². The second-order valence-corrected chi connectivity index (χ2v) is 13.6. The Bertz CT molecular complexity index is 1660. The van der Waals surface area contributed by atoms with Gasteiger partial charge in [-0.2, -0.15) is 5.10 Å². The first-order valence-electron chi connectivity index (χ1n) is 15.9. The van der Waals surface area contributed by atoms with Gasteiger partial charge in [0.25, 0.3) is 0 Å². The van der Waals surface area contributed by atoms with E-state index in [1.807, 2.05) is 54.6 Å². The van der Waals surface area contributed by atoms with Gasteiger partial charge in [-0.1, -0.05) is 18.2 Å². The number of piperidine rings is 2. The van der Waals surface area contributed by atoms with Crippen molar-refractivity contribution >= 4 is 22.9 Å². The number of carboxylic acid groups (broad SMARTS) is 1. The zero-order chi connectivity index (χ0) is 29.9. The molecule has 2 aliphatic heterocycles. The number of aromatic nitrogens is 4. The van der Waals surface area contributed by atoms with Crippen molar-refractivity contribution in [2.24, 2.45) is 10.8 Å². The molecule has 2 spiro atoms. The lowest BCUT2D eigenvalue weighted by Crippen LogP contribution is -2.58. The van der Waals surface area contributed by atoms with Gasteiger partial charge in [0.2, 0.25) is 0 Å². The quantitative estimate of drug-likeness (QED) is 0.280. The van der Waals surface area contributed by atoms with E-state index in [0.29, 0.717) is 41.8 Å². The molecule has 4 fully saturated rings. The molecule has 1 amide bonds. The number of rotatable bonds is 5. The maximum Gasteiger partial charge on any atom is 0.407 e. The van der Waals surface area contributed by atoms with Crippen molar-refractivity contribution < 1.29 is 14.6 Å². The van der Waals surface area contributed by atoms with Crippen LogP contribution in [0.15, 0.2) is 60.9 Å². The van der Waals surface area contributed by atoms with Crippen LogP contribution in [-0.4, -0.2) is 73.0 Å². The predicted molar refractivity (Wildman–Crippen MR) is 167 cm³/mol. The number of anilines is 1. The molecule has 2 aromatic carbocycles. The Labute approximate surface area is 256 Å². The number of ether oxygens (including phenoxy) is 1. The van der Waals surface area contributed by atoms with E-state index >= 15 is 0 Å². The molecule has 4 heterocycles. The molecule has 2 aromatic heterocycles. The number of hydrogen-bond donors (Lipinski definition) is 2. The summed E-state index contributed by atoms with van der Waals surface area (Å²) in [5.74, 6) is 2.02. The van der Waals surface area contributed by atoms with Gasteiger partial charge in [0.05, 0.1) is 11.4 Å². The standard InChI is InChI=1S/C34H39N7O3/c35-30-28-29(23-6-8-27(9-7-23)44-26-4-2-1-3-5-26)38-41(31(28)37-22-36-30)25-20-34(21-25)10-14-39(15-11-34)24-18-33(19-24)12-16-40(17-13-33)32(42)43/h1-9,22,24-25H,10-21H2,(H,42,43)(H2,35,36,37). The van der Waals surface area contributed by atoms with Crippen molar-refractivity contribution in [1.82, 2.24) is 29.5 Å². The van der Waals surface area contributed by atoms with Crippen molar-refractivity contribution in [2.75, 3.05) is 31.9 Å². The molecule has 4 aromatic rings. The largest absolute Gasteiger partial charge is 0.465 e. The van der Waals surface area contributed by atoms with Gasteiger partial charge in [-0.3, -0.25) is 0 Å². The highest BCUT2D eigenvalue weighted by molar-refractivity contribution is 5.98.